The Morgan fingerprint density at radius 2 is 1.81 bits per heavy atom. The molecule has 2 saturated heterocycles. The summed E-state index contributed by atoms with van der Waals surface area (Å²) in [5.41, 5.74) is 0. The summed E-state index contributed by atoms with van der Waals surface area (Å²) in [6.45, 7) is 9.12. The molecule has 31 heavy (non-hydrogen) atoms. The van der Waals surface area contributed by atoms with Crippen molar-refractivity contribution < 1.29 is 17.9 Å². The van der Waals surface area contributed by atoms with E-state index < -0.39 is 10.0 Å². The second-order valence-electron chi connectivity index (χ2n) is 8.27. The molecule has 3 rings (SSSR count). The number of hydrogen-bond donors (Lipinski definition) is 1. The van der Waals surface area contributed by atoms with E-state index in [1.165, 1.54) is 16.4 Å². The summed E-state index contributed by atoms with van der Waals surface area (Å²) in [6.07, 6.45) is -0.0412. The smallest absolute Gasteiger partial charge is 0.317 e. The average molecular weight is 493 g/mol. The maximum absolute atomic E-state index is 13.0. The van der Waals surface area contributed by atoms with Gasteiger partial charge in [-0.3, -0.25) is 4.90 Å². The van der Waals surface area contributed by atoms with Crippen LogP contribution in [0.3, 0.4) is 0 Å². The quantitative estimate of drug-likeness (QED) is 0.658. The molecule has 2 aliphatic heterocycles. The SMILES string of the molecule is CC(C)CN1CCOC(CNC(=O)N2CCN(S(=O)(=O)c3c(Cl)cccc3Cl)CC2)C1. The highest BCUT2D eigenvalue weighted by atomic mass is 35.5. The maximum Gasteiger partial charge on any atom is 0.317 e. The molecule has 11 heteroatoms. The number of hydrogen-bond acceptors (Lipinski definition) is 5. The molecule has 0 spiro atoms. The monoisotopic (exact) mass is 492 g/mol. The topological polar surface area (TPSA) is 82.2 Å². The highest BCUT2D eigenvalue weighted by Crippen LogP contribution is 2.31. The molecule has 1 N–H and O–H groups in total. The molecular formula is C20H30Cl2N4O4S. The van der Waals surface area contributed by atoms with Gasteiger partial charge >= 0.3 is 6.03 Å². The molecule has 2 heterocycles. The number of rotatable bonds is 6. The van der Waals surface area contributed by atoms with Gasteiger partial charge in [0.05, 0.1) is 22.8 Å². The lowest BCUT2D eigenvalue weighted by atomic mass is 10.2. The summed E-state index contributed by atoms with van der Waals surface area (Å²) in [6, 6.07) is 4.39. The van der Waals surface area contributed by atoms with Crippen molar-refractivity contribution in [3.05, 3.63) is 28.2 Å². The van der Waals surface area contributed by atoms with E-state index >= 15 is 0 Å². The normalized spacial score (nSPS) is 21.5. The summed E-state index contributed by atoms with van der Waals surface area (Å²) < 4.78 is 33.0. The van der Waals surface area contributed by atoms with Crippen LogP contribution in [-0.2, 0) is 14.8 Å². The highest BCUT2D eigenvalue weighted by molar-refractivity contribution is 7.89. The molecule has 0 radical (unpaired) electrons. The standard InChI is InChI=1S/C20H30Cl2N4O4S/c1-15(2)13-24-10-11-30-16(14-24)12-23-20(27)25-6-8-26(9-7-25)31(28,29)19-17(21)4-3-5-18(19)22/h3-5,15-16H,6-14H2,1-2H3,(H,23,27). The van der Waals surface area contributed by atoms with Gasteiger partial charge < -0.3 is 15.0 Å². The number of carbonyl (C=O) groups is 1. The van der Waals surface area contributed by atoms with Crippen LogP contribution in [0.15, 0.2) is 23.1 Å². The van der Waals surface area contributed by atoms with Crippen LogP contribution in [0.5, 0.6) is 0 Å². The summed E-state index contributed by atoms with van der Waals surface area (Å²) >= 11 is 12.2. The number of halogens is 2. The van der Waals surface area contributed by atoms with Crippen molar-refractivity contribution in [1.29, 1.82) is 0 Å². The van der Waals surface area contributed by atoms with Crippen LogP contribution in [0.4, 0.5) is 4.79 Å². The molecule has 174 valence electrons. The Labute approximate surface area is 194 Å². The number of sulfonamides is 1. The van der Waals surface area contributed by atoms with Crippen molar-refractivity contribution >= 4 is 39.3 Å². The van der Waals surface area contributed by atoms with Gasteiger partial charge in [0.25, 0.3) is 0 Å². The Hall–Kier alpha value is -1.10. The zero-order chi connectivity index (χ0) is 22.6. The number of nitrogens with one attached hydrogen (secondary N) is 1. The molecule has 8 nitrogen and oxygen atoms in total. The molecule has 1 aromatic carbocycles. The third-order valence-electron chi connectivity index (χ3n) is 5.37. The third kappa shape index (κ3) is 6.24. The second-order valence-corrected chi connectivity index (χ2v) is 11.0. The Morgan fingerprint density at radius 3 is 2.42 bits per heavy atom. The van der Waals surface area contributed by atoms with Gasteiger partial charge in [0.1, 0.15) is 4.90 Å². The lowest BCUT2D eigenvalue weighted by Crippen LogP contribution is -2.55. The number of carbonyl (C=O) groups excluding carboxylic acids is 1. The zero-order valence-electron chi connectivity index (χ0n) is 17.9. The molecular weight excluding hydrogens is 463 g/mol. The molecule has 1 aromatic rings. The van der Waals surface area contributed by atoms with Gasteiger partial charge in [-0.05, 0) is 18.1 Å². The maximum atomic E-state index is 13.0. The van der Waals surface area contributed by atoms with Gasteiger partial charge in [0, 0.05) is 52.4 Å². The van der Waals surface area contributed by atoms with Gasteiger partial charge in [0.2, 0.25) is 10.0 Å². The zero-order valence-corrected chi connectivity index (χ0v) is 20.2. The minimum absolute atomic E-state index is 0.0412. The summed E-state index contributed by atoms with van der Waals surface area (Å²) in [4.78, 5) is 16.5. The summed E-state index contributed by atoms with van der Waals surface area (Å²) in [5, 5.41) is 3.10. The van der Waals surface area contributed by atoms with Crippen LogP contribution in [0.25, 0.3) is 0 Å². The van der Waals surface area contributed by atoms with Crippen LogP contribution in [0.1, 0.15) is 13.8 Å². The van der Waals surface area contributed by atoms with E-state index in [0.717, 1.165) is 19.6 Å². The first kappa shape index (κ1) is 24.5. The van der Waals surface area contributed by atoms with Crippen LogP contribution in [0.2, 0.25) is 10.0 Å². The number of ether oxygens (including phenoxy) is 1. The average Bonchev–Trinajstić information content (AvgIpc) is 2.71. The van der Waals surface area contributed by atoms with Gasteiger partial charge in [-0.2, -0.15) is 4.31 Å². The van der Waals surface area contributed by atoms with Gasteiger partial charge in [0.15, 0.2) is 0 Å². The van der Waals surface area contributed by atoms with E-state index in [2.05, 4.69) is 24.1 Å². The van der Waals surface area contributed by atoms with Crippen LogP contribution in [0, 0.1) is 5.92 Å². The molecule has 2 aliphatic rings. The Kier molecular flexibility index (Phi) is 8.45. The largest absolute Gasteiger partial charge is 0.374 e. The molecule has 2 fully saturated rings. The van der Waals surface area contributed by atoms with Crippen molar-refractivity contribution in [2.45, 2.75) is 24.8 Å². The fourth-order valence-corrected chi connectivity index (χ4v) is 6.40. The van der Waals surface area contributed by atoms with E-state index in [0.29, 0.717) is 19.1 Å². The number of morpholine rings is 1. The molecule has 1 unspecified atom stereocenters. The Bertz CT molecular complexity index is 856. The van der Waals surface area contributed by atoms with Crippen molar-refractivity contribution in [2.24, 2.45) is 5.92 Å². The first-order valence-electron chi connectivity index (χ1n) is 10.5. The molecule has 0 aliphatic carbocycles. The summed E-state index contributed by atoms with van der Waals surface area (Å²) in [5.74, 6) is 0.585. The van der Waals surface area contributed by atoms with Gasteiger partial charge in [-0.15, -0.1) is 0 Å². The van der Waals surface area contributed by atoms with E-state index in [4.69, 9.17) is 27.9 Å². The fourth-order valence-electron chi connectivity index (χ4n) is 3.89. The molecule has 0 bridgehead atoms. The predicted molar refractivity (Wildman–Crippen MR) is 121 cm³/mol. The van der Waals surface area contributed by atoms with Crippen molar-refractivity contribution in [3.8, 4) is 0 Å². The number of nitrogens with zero attached hydrogens (tertiary/aromatic N) is 3. The van der Waals surface area contributed by atoms with E-state index in [9.17, 15) is 13.2 Å². The van der Waals surface area contributed by atoms with E-state index in [1.54, 1.807) is 11.0 Å². The van der Waals surface area contributed by atoms with Crippen LogP contribution in [-0.4, -0.2) is 93.6 Å². The van der Waals surface area contributed by atoms with Crippen molar-refractivity contribution in [1.82, 2.24) is 19.4 Å². The van der Waals surface area contributed by atoms with Crippen LogP contribution >= 0.6 is 23.2 Å². The second kappa shape index (κ2) is 10.7. The van der Waals surface area contributed by atoms with Gasteiger partial charge in [-0.1, -0.05) is 43.1 Å². The Morgan fingerprint density at radius 1 is 1.16 bits per heavy atom. The summed E-state index contributed by atoms with van der Waals surface area (Å²) in [7, 11) is -3.83. The predicted octanol–water partition coefficient (Wildman–Crippen LogP) is 2.37. The van der Waals surface area contributed by atoms with E-state index in [-0.39, 0.29) is 53.3 Å². The Balaban J connectivity index is 1.50. The molecule has 0 aromatic heterocycles. The van der Waals surface area contributed by atoms with Crippen molar-refractivity contribution in [3.63, 3.8) is 0 Å². The minimum atomic E-state index is -3.83. The highest BCUT2D eigenvalue weighted by Gasteiger charge is 2.33. The molecule has 2 amide bonds. The molecule has 1 atom stereocenters. The lowest BCUT2D eigenvalue weighted by molar-refractivity contribution is -0.0294. The number of benzene rings is 1. The minimum Gasteiger partial charge on any atom is -0.374 e. The van der Waals surface area contributed by atoms with Crippen molar-refractivity contribution in [2.75, 3.05) is 59.0 Å². The van der Waals surface area contributed by atoms with Gasteiger partial charge in [-0.25, -0.2) is 13.2 Å². The first-order valence-corrected chi connectivity index (χ1v) is 12.7. The molecule has 0 saturated carbocycles. The number of amides is 2. The first-order chi connectivity index (χ1) is 14.7. The fraction of sp³-hybridized carbons (Fsp3) is 0.650. The van der Waals surface area contributed by atoms with E-state index in [1.807, 2.05) is 0 Å². The number of piperazine rings is 1. The lowest BCUT2D eigenvalue weighted by Gasteiger charge is -2.36. The third-order valence-corrected chi connectivity index (χ3v) is 8.22. The number of urea groups is 1. The van der Waals surface area contributed by atoms with Crippen LogP contribution < -0.4 is 5.32 Å².